The van der Waals surface area contributed by atoms with Crippen molar-refractivity contribution in [1.29, 1.82) is 0 Å². The van der Waals surface area contributed by atoms with E-state index >= 15 is 0 Å². The van der Waals surface area contributed by atoms with Gasteiger partial charge in [-0.2, -0.15) is 5.10 Å². The summed E-state index contributed by atoms with van der Waals surface area (Å²) in [5.74, 6) is -0.0983. The van der Waals surface area contributed by atoms with Gasteiger partial charge in [-0.05, 0) is 35.2 Å². The predicted molar refractivity (Wildman–Crippen MR) is 146 cm³/mol. The minimum atomic E-state index is -0.907. The lowest BCUT2D eigenvalue weighted by molar-refractivity contribution is -0.123. The third-order valence-corrected chi connectivity index (χ3v) is 6.07. The van der Waals surface area contributed by atoms with Crippen molar-refractivity contribution in [3.63, 3.8) is 0 Å². The van der Waals surface area contributed by atoms with E-state index in [9.17, 15) is 9.59 Å². The van der Waals surface area contributed by atoms with Gasteiger partial charge in [0.1, 0.15) is 6.04 Å². The van der Waals surface area contributed by atoms with E-state index in [1.165, 1.54) is 7.11 Å². The van der Waals surface area contributed by atoms with Crippen LogP contribution in [0.15, 0.2) is 65.8 Å². The number of carbonyl (C=O) groups is 2. The Balaban J connectivity index is 1.81. The first kappa shape index (κ1) is 28.2. The average molecular weight is 521 g/mol. The van der Waals surface area contributed by atoms with E-state index < -0.39 is 6.04 Å². The summed E-state index contributed by atoms with van der Waals surface area (Å²) in [7, 11) is 4.89. The van der Waals surface area contributed by atoms with Crippen LogP contribution in [0.4, 0.5) is 0 Å². The van der Waals surface area contributed by atoms with Gasteiger partial charge in [-0.1, -0.05) is 50.2 Å². The largest absolute Gasteiger partial charge is 0.493 e. The van der Waals surface area contributed by atoms with Crippen LogP contribution < -0.4 is 25.8 Å². The van der Waals surface area contributed by atoms with Gasteiger partial charge in [0.15, 0.2) is 17.5 Å². The first-order chi connectivity index (χ1) is 18.2. The van der Waals surface area contributed by atoms with Crippen LogP contribution in [0.5, 0.6) is 11.5 Å². The van der Waals surface area contributed by atoms with Crippen LogP contribution in [-0.2, 0) is 29.6 Å². The van der Waals surface area contributed by atoms with Crippen molar-refractivity contribution in [3.8, 4) is 11.5 Å². The molecule has 0 saturated heterocycles. The van der Waals surface area contributed by atoms with Crippen molar-refractivity contribution in [2.24, 2.45) is 23.7 Å². The third kappa shape index (κ3) is 7.58. The predicted octanol–water partition coefficient (Wildman–Crippen LogP) is 2.54. The van der Waals surface area contributed by atoms with E-state index in [1.54, 1.807) is 30.0 Å². The van der Waals surface area contributed by atoms with Gasteiger partial charge in [0.25, 0.3) is 0 Å². The van der Waals surface area contributed by atoms with E-state index in [-0.39, 0.29) is 36.0 Å². The molecule has 1 aromatic heterocycles. The molecule has 10 nitrogen and oxygen atoms in total. The summed E-state index contributed by atoms with van der Waals surface area (Å²) in [4.78, 5) is 30.7. The molecule has 202 valence electrons. The summed E-state index contributed by atoms with van der Waals surface area (Å²) in [6.07, 6.45) is 1.86. The smallest absolute Gasteiger partial charge is 0.245 e. The Labute approximate surface area is 223 Å². The highest BCUT2D eigenvalue weighted by Gasteiger charge is 2.34. The topological polar surface area (TPSA) is 133 Å². The zero-order valence-electron chi connectivity index (χ0n) is 22.5. The van der Waals surface area contributed by atoms with Crippen molar-refractivity contribution in [3.05, 3.63) is 77.6 Å². The number of hydrogen-bond acceptors (Lipinski definition) is 6. The Morgan fingerprint density at radius 1 is 1.03 bits per heavy atom. The van der Waals surface area contributed by atoms with Gasteiger partial charge >= 0.3 is 0 Å². The van der Waals surface area contributed by atoms with Crippen molar-refractivity contribution in [2.45, 2.75) is 38.8 Å². The molecule has 0 bridgehead atoms. The van der Waals surface area contributed by atoms with E-state index in [4.69, 9.17) is 15.2 Å². The van der Waals surface area contributed by atoms with Crippen LogP contribution in [0, 0.1) is 5.92 Å². The fourth-order valence-corrected chi connectivity index (χ4v) is 4.22. The number of nitrogens with two attached hydrogens (primary N) is 1. The SMILES string of the molecule is COc1ccc(CC(=O)NC(N)=NC(C(=O)NCc2ccccc2)C(c2ccn(C)n2)C(C)C)cc1OC. The summed E-state index contributed by atoms with van der Waals surface area (Å²) in [6.45, 7) is 4.33. The fraction of sp³-hybridized carbons (Fsp3) is 0.357. The second-order valence-corrected chi connectivity index (χ2v) is 9.26. The molecule has 1 heterocycles. The molecular formula is C28H36N6O4. The maximum Gasteiger partial charge on any atom is 0.245 e. The highest BCUT2D eigenvalue weighted by molar-refractivity contribution is 5.98. The summed E-state index contributed by atoms with van der Waals surface area (Å²) < 4.78 is 12.2. The van der Waals surface area contributed by atoms with Crippen LogP contribution in [0.1, 0.15) is 36.6 Å². The number of ether oxygens (including phenoxy) is 2. The molecule has 4 N–H and O–H groups in total. The van der Waals surface area contributed by atoms with Gasteiger partial charge in [0, 0.05) is 25.7 Å². The van der Waals surface area contributed by atoms with E-state index in [2.05, 4.69) is 20.7 Å². The Morgan fingerprint density at radius 2 is 1.74 bits per heavy atom. The molecule has 2 unspecified atom stereocenters. The molecule has 2 aromatic carbocycles. The molecule has 2 amide bonds. The van der Waals surface area contributed by atoms with E-state index in [1.807, 2.05) is 63.5 Å². The molecule has 0 spiro atoms. The maximum absolute atomic E-state index is 13.4. The van der Waals surface area contributed by atoms with Crippen LogP contribution >= 0.6 is 0 Å². The quantitative estimate of drug-likeness (QED) is 0.263. The lowest BCUT2D eigenvalue weighted by Gasteiger charge is -2.26. The lowest BCUT2D eigenvalue weighted by Crippen LogP contribution is -2.44. The molecular weight excluding hydrogens is 484 g/mol. The Morgan fingerprint density at radius 3 is 2.34 bits per heavy atom. The second-order valence-electron chi connectivity index (χ2n) is 9.26. The zero-order valence-corrected chi connectivity index (χ0v) is 22.5. The van der Waals surface area contributed by atoms with Crippen LogP contribution in [0.2, 0.25) is 0 Å². The minimum Gasteiger partial charge on any atom is -0.493 e. The second kappa shape index (κ2) is 13.3. The summed E-state index contributed by atoms with van der Waals surface area (Å²) in [5.41, 5.74) is 8.55. The number of amides is 2. The standard InChI is InChI=1S/C28H36N6O4/c1-18(2)25(21-13-14-34(3)33-21)26(27(36)30-17-19-9-7-6-8-10-19)32-28(29)31-24(35)16-20-11-12-22(37-4)23(15-20)38-5/h6-15,18,25-26H,16-17H2,1-5H3,(H,30,36)(H3,29,31,32,35). The monoisotopic (exact) mass is 520 g/mol. The highest BCUT2D eigenvalue weighted by atomic mass is 16.5. The molecule has 3 rings (SSSR count). The number of methoxy groups -OCH3 is 2. The number of guanidine groups is 1. The van der Waals surface area contributed by atoms with Crippen LogP contribution in [0.3, 0.4) is 0 Å². The number of aryl methyl sites for hydroxylation is 1. The average Bonchev–Trinajstić information content (AvgIpc) is 3.32. The number of hydrogen-bond donors (Lipinski definition) is 3. The molecule has 0 radical (unpaired) electrons. The number of aliphatic imine (C=N–C) groups is 1. The number of rotatable bonds is 11. The molecule has 0 saturated carbocycles. The normalized spacial score (nSPS) is 13.1. The number of nitrogens with one attached hydrogen (secondary N) is 2. The highest BCUT2D eigenvalue weighted by Crippen LogP contribution is 2.29. The molecule has 0 aliphatic heterocycles. The Hall–Kier alpha value is -4.34. The third-order valence-electron chi connectivity index (χ3n) is 6.07. The van der Waals surface area contributed by atoms with E-state index in [0.717, 1.165) is 11.3 Å². The molecule has 0 fully saturated rings. The fourth-order valence-electron chi connectivity index (χ4n) is 4.22. The van der Waals surface area contributed by atoms with Gasteiger partial charge in [-0.25, -0.2) is 4.99 Å². The number of nitrogens with zero attached hydrogens (tertiary/aromatic N) is 3. The summed E-state index contributed by atoms with van der Waals surface area (Å²) in [6, 6.07) is 15.8. The molecule has 3 aromatic rings. The first-order valence-electron chi connectivity index (χ1n) is 12.4. The summed E-state index contributed by atoms with van der Waals surface area (Å²) >= 11 is 0. The molecule has 38 heavy (non-hydrogen) atoms. The first-order valence-corrected chi connectivity index (χ1v) is 12.4. The molecule has 2 atom stereocenters. The summed E-state index contributed by atoms with van der Waals surface area (Å²) in [5, 5.41) is 10.1. The molecule has 10 heteroatoms. The maximum atomic E-state index is 13.4. The number of benzene rings is 2. The Bertz CT molecular complexity index is 1260. The molecule has 0 aliphatic carbocycles. The van der Waals surface area contributed by atoms with E-state index in [0.29, 0.717) is 23.6 Å². The van der Waals surface area contributed by atoms with Gasteiger partial charge in [-0.3, -0.25) is 19.6 Å². The van der Waals surface area contributed by atoms with Crippen molar-refractivity contribution in [1.82, 2.24) is 20.4 Å². The number of aromatic nitrogens is 2. The Kier molecular flexibility index (Phi) is 9.86. The zero-order chi connectivity index (χ0) is 27.7. The van der Waals surface area contributed by atoms with Crippen molar-refractivity contribution >= 4 is 17.8 Å². The minimum absolute atomic E-state index is 0.0105. The molecule has 0 aliphatic rings. The van der Waals surface area contributed by atoms with Crippen LogP contribution in [0.25, 0.3) is 0 Å². The van der Waals surface area contributed by atoms with Gasteiger partial charge in [0.05, 0.1) is 26.3 Å². The lowest BCUT2D eigenvalue weighted by atomic mass is 9.85. The number of carbonyl (C=O) groups excluding carboxylic acids is 2. The van der Waals surface area contributed by atoms with Gasteiger partial charge in [-0.15, -0.1) is 0 Å². The van der Waals surface area contributed by atoms with Crippen molar-refractivity contribution in [2.75, 3.05) is 14.2 Å². The van der Waals surface area contributed by atoms with Gasteiger partial charge < -0.3 is 20.5 Å². The van der Waals surface area contributed by atoms with Crippen LogP contribution in [-0.4, -0.2) is 47.8 Å². The van der Waals surface area contributed by atoms with Gasteiger partial charge in [0.2, 0.25) is 11.8 Å². The van der Waals surface area contributed by atoms with Crippen molar-refractivity contribution < 1.29 is 19.1 Å².